The van der Waals surface area contributed by atoms with E-state index in [1.807, 2.05) is 13.0 Å². The van der Waals surface area contributed by atoms with E-state index in [2.05, 4.69) is 26.8 Å². The number of aromatic nitrogens is 2. The second kappa shape index (κ2) is 5.08. The molecule has 0 aliphatic carbocycles. The van der Waals surface area contributed by atoms with Gasteiger partial charge in [-0.15, -0.1) is 0 Å². The molecule has 88 valence electrons. The van der Waals surface area contributed by atoms with Crippen molar-refractivity contribution >= 4 is 11.6 Å². The second-order valence-electron chi connectivity index (χ2n) is 4.35. The number of aryl methyl sites for hydroxylation is 1. The molecule has 5 heteroatoms. The Morgan fingerprint density at radius 3 is 2.56 bits per heavy atom. The summed E-state index contributed by atoms with van der Waals surface area (Å²) >= 11 is 5.84. The van der Waals surface area contributed by atoms with Crippen LogP contribution in [0.1, 0.15) is 11.4 Å². The number of piperazine rings is 1. The zero-order valence-electron chi connectivity index (χ0n) is 9.78. The van der Waals surface area contributed by atoms with E-state index in [9.17, 15) is 0 Å². The summed E-state index contributed by atoms with van der Waals surface area (Å²) in [5, 5.41) is 0.351. The average Bonchev–Trinajstić information content (AvgIpc) is 2.20. The maximum atomic E-state index is 5.84. The molecular weight excluding hydrogens is 224 g/mol. The first kappa shape index (κ1) is 11.8. The first-order chi connectivity index (χ1) is 7.63. The zero-order valence-corrected chi connectivity index (χ0v) is 10.5. The van der Waals surface area contributed by atoms with E-state index in [0.29, 0.717) is 5.28 Å². The molecule has 1 aliphatic heterocycles. The maximum Gasteiger partial charge on any atom is 0.222 e. The van der Waals surface area contributed by atoms with Gasteiger partial charge in [-0.25, -0.2) is 9.97 Å². The number of halogens is 1. The van der Waals surface area contributed by atoms with Crippen molar-refractivity contribution < 1.29 is 0 Å². The summed E-state index contributed by atoms with van der Waals surface area (Å²) in [5.41, 5.74) is 1.95. The lowest BCUT2D eigenvalue weighted by atomic mass is 10.3. The highest BCUT2D eigenvalue weighted by atomic mass is 35.5. The minimum Gasteiger partial charge on any atom is -0.304 e. The normalized spacial score (nSPS) is 18.9. The molecule has 0 aromatic carbocycles. The van der Waals surface area contributed by atoms with Gasteiger partial charge in [0.1, 0.15) is 0 Å². The molecule has 16 heavy (non-hydrogen) atoms. The smallest absolute Gasteiger partial charge is 0.222 e. The van der Waals surface area contributed by atoms with Crippen LogP contribution in [0, 0.1) is 6.92 Å². The van der Waals surface area contributed by atoms with Crippen LogP contribution in [0.25, 0.3) is 0 Å². The Bertz CT molecular complexity index is 341. The summed E-state index contributed by atoms with van der Waals surface area (Å²) in [6.45, 7) is 7.25. The summed E-state index contributed by atoms with van der Waals surface area (Å²) in [7, 11) is 2.16. The van der Waals surface area contributed by atoms with Crippen LogP contribution in [-0.4, -0.2) is 53.0 Å². The summed E-state index contributed by atoms with van der Waals surface area (Å²) in [4.78, 5) is 13.1. The van der Waals surface area contributed by atoms with Gasteiger partial charge in [0.25, 0.3) is 0 Å². The molecule has 4 nitrogen and oxygen atoms in total. The van der Waals surface area contributed by atoms with E-state index in [1.54, 1.807) is 0 Å². The van der Waals surface area contributed by atoms with Crippen molar-refractivity contribution in [2.24, 2.45) is 0 Å². The zero-order chi connectivity index (χ0) is 11.5. The lowest BCUT2D eigenvalue weighted by molar-refractivity contribution is 0.147. The van der Waals surface area contributed by atoms with Crippen LogP contribution in [0.2, 0.25) is 5.28 Å². The summed E-state index contributed by atoms with van der Waals surface area (Å²) in [6.07, 6.45) is 0. The molecule has 2 rings (SSSR count). The molecule has 0 spiro atoms. The van der Waals surface area contributed by atoms with Crippen LogP contribution in [-0.2, 0) is 6.54 Å². The number of hydrogen-bond donors (Lipinski definition) is 0. The van der Waals surface area contributed by atoms with Gasteiger partial charge in [-0.2, -0.15) is 0 Å². The standard InChI is InChI=1S/C11H17ClN4/c1-9-7-10(14-11(12)13-9)8-16-5-3-15(2)4-6-16/h7H,3-6,8H2,1-2H3. The van der Waals surface area contributed by atoms with E-state index >= 15 is 0 Å². The lowest BCUT2D eigenvalue weighted by Crippen LogP contribution is -2.44. The van der Waals surface area contributed by atoms with Crippen molar-refractivity contribution in [2.45, 2.75) is 13.5 Å². The van der Waals surface area contributed by atoms with E-state index in [-0.39, 0.29) is 0 Å². The monoisotopic (exact) mass is 240 g/mol. The van der Waals surface area contributed by atoms with Gasteiger partial charge < -0.3 is 4.90 Å². The molecule has 1 saturated heterocycles. The molecule has 0 bridgehead atoms. The van der Waals surface area contributed by atoms with Gasteiger partial charge in [-0.1, -0.05) is 0 Å². The van der Waals surface area contributed by atoms with Crippen LogP contribution in [0.15, 0.2) is 6.07 Å². The van der Waals surface area contributed by atoms with E-state index in [1.165, 1.54) is 0 Å². The molecule has 0 saturated carbocycles. The van der Waals surface area contributed by atoms with Gasteiger partial charge in [0.05, 0.1) is 5.69 Å². The van der Waals surface area contributed by atoms with E-state index in [4.69, 9.17) is 11.6 Å². The third kappa shape index (κ3) is 3.14. The van der Waals surface area contributed by atoms with Gasteiger partial charge in [0.2, 0.25) is 5.28 Å². The van der Waals surface area contributed by atoms with Crippen LogP contribution >= 0.6 is 11.6 Å². The molecular formula is C11H17ClN4. The molecule has 0 amide bonds. The third-order valence-corrected chi connectivity index (χ3v) is 3.03. The predicted molar refractivity (Wildman–Crippen MR) is 64.6 cm³/mol. The largest absolute Gasteiger partial charge is 0.304 e. The quantitative estimate of drug-likeness (QED) is 0.727. The minimum atomic E-state index is 0.351. The summed E-state index contributed by atoms with van der Waals surface area (Å²) in [6, 6.07) is 2.00. The summed E-state index contributed by atoms with van der Waals surface area (Å²) < 4.78 is 0. The first-order valence-corrected chi connectivity index (χ1v) is 5.92. The topological polar surface area (TPSA) is 32.3 Å². The molecule has 1 aromatic rings. The van der Waals surface area contributed by atoms with Gasteiger partial charge in [0, 0.05) is 38.4 Å². The second-order valence-corrected chi connectivity index (χ2v) is 4.69. The number of rotatable bonds is 2. The molecule has 1 aromatic heterocycles. The minimum absolute atomic E-state index is 0.351. The molecule has 2 heterocycles. The number of likely N-dealkylation sites (N-methyl/N-ethyl adjacent to an activating group) is 1. The Labute approximate surface area is 101 Å². The SMILES string of the molecule is Cc1cc(CN2CCN(C)CC2)nc(Cl)n1. The van der Waals surface area contributed by atoms with Crippen molar-refractivity contribution in [1.82, 2.24) is 19.8 Å². The number of nitrogens with zero attached hydrogens (tertiary/aromatic N) is 4. The van der Waals surface area contributed by atoms with Crippen molar-refractivity contribution in [1.29, 1.82) is 0 Å². The fourth-order valence-corrected chi connectivity index (χ4v) is 2.15. The van der Waals surface area contributed by atoms with Crippen molar-refractivity contribution in [2.75, 3.05) is 33.2 Å². The predicted octanol–water partition coefficient (Wildman–Crippen LogP) is 1.19. The lowest BCUT2D eigenvalue weighted by Gasteiger charge is -2.32. The number of hydrogen-bond acceptors (Lipinski definition) is 4. The van der Waals surface area contributed by atoms with Gasteiger partial charge in [-0.05, 0) is 31.6 Å². The van der Waals surface area contributed by atoms with Crippen LogP contribution in [0.5, 0.6) is 0 Å². The fourth-order valence-electron chi connectivity index (χ4n) is 1.91. The molecule has 1 fully saturated rings. The Kier molecular flexibility index (Phi) is 3.74. The highest BCUT2D eigenvalue weighted by molar-refractivity contribution is 6.28. The van der Waals surface area contributed by atoms with Crippen molar-refractivity contribution in [3.8, 4) is 0 Å². The third-order valence-electron chi connectivity index (χ3n) is 2.86. The Morgan fingerprint density at radius 2 is 1.94 bits per heavy atom. The molecule has 0 unspecified atom stereocenters. The van der Waals surface area contributed by atoms with Gasteiger partial charge in [-0.3, -0.25) is 4.90 Å². The average molecular weight is 241 g/mol. The molecule has 0 atom stereocenters. The van der Waals surface area contributed by atoms with Crippen molar-refractivity contribution in [3.05, 3.63) is 22.7 Å². The van der Waals surface area contributed by atoms with Crippen LogP contribution < -0.4 is 0 Å². The highest BCUT2D eigenvalue weighted by Gasteiger charge is 2.14. The van der Waals surface area contributed by atoms with Gasteiger partial charge in [0.15, 0.2) is 0 Å². The van der Waals surface area contributed by atoms with Crippen molar-refractivity contribution in [3.63, 3.8) is 0 Å². The fraction of sp³-hybridized carbons (Fsp3) is 0.636. The molecule has 0 N–H and O–H groups in total. The van der Waals surface area contributed by atoms with Crippen LogP contribution in [0.3, 0.4) is 0 Å². The highest BCUT2D eigenvalue weighted by Crippen LogP contribution is 2.09. The van der Waals surface area contributed by atoms with E-state index in [0.717, 1.165) is 44.1 Å². The molecule has 1 aliphatic rings. The maximum absolute atomic E-state index is 5.84. The summed E-state index contributed by atoms with van der Waals surface area (Å²) in [5.74, 6) is 0. The Hall–Kier alpha value is -0.710. The Balaban J connectivity index is 1.98. The Morgan fingerprint density at radius 1 is 1.25 bits per heavy atom. The van der Waals surface area contributed by atoms with E-state index < -0.39 is 0 Å². The molecule has 0 radical (unpaired) electrons. The van der Waals surface area contributed by atoms with Crippen LogP contribution in [0.4, 0.5) is 0 Å². The van der Waals surface area contributed by atoms with Gasteiger partial charge >= 0.3 is 0 Å². The first-order valence-electron chi connectivity index (χ1n) is 5.54.